The van der Waals surface area contributed by atoms with Crippen LogP contribution in [0, 0.1) is 16.0 Å². The number of benzene rings is 2. The van der Waals surface area contributed by atoms with E-state index in [4.69, 9.17) is 11.6 Å². The molecule has 32 heavy (non-hydrogen) atoms. The molecule has 2 aromatic rings. The predicted molar refractivity (Wildman–Crippen MR) is 124 cm³/mol. The standard InChI is InChI=1S/C24H28ClN3O4/c1-16(2)10-12-26(24(30)21-9-8-19(28(31)32)14-22(21)25)15-23(29)27-13-11-18-6-4-5-7-20(18)17(27)3/h4-9,14,16-17H,10-13,15H2,1-3H3. The van der Waals surface area contributed by atoms with Crippen molar-refractivity contribution in [3.05, 3.63) is 74.3 Å². The minimum Gasteiger partial charge on any atom is -0.334 e. The van der Waals surface area contributed by atoms with Gasteiger partial charge in [-0.15, -0.1) is 0 Å². The summed E-state index contributed by atoms with van der Waals surface area (Å²) in [7, 11) is 0. The molecule has 0 aromatic heterocycles. The van der Waals surface area contributed by atoms with Crippen molar-refractivity contribution in [3.63, 3.8) is 0 Å². The van der Waals surface area contributed by atoms with Crippen molar-refractivity contribution in [3.8, 4) is 0 Å². The number of hydrogen-bond acceptors (Lipinski definition) is 4. The molecule has 3 rings (SSSR count). The lowest BCUT2D eigenvalue weighted by molar-refractivity contribution is -0.384. The van der Waals surface area contributed by atoms with Crippen LogP contribution in [0.15, 0.2) is 42.5 Å². The van der Waals surface area contributed by atoms with E-state index in [2.05, 4.69) is 6.07 Å². The number of fused-ring (bicyclic) bond motifs is 1. The Balaban J connectivity index is 1.81. The minimum absolute atomic E-state index is 0.00599. The smallest absolute Gasteiger partial charge is 0.270 e. The van der Waals surface area contributed by atoms with Gasteiger partial charge in [-0.2, -0.15) is 0 Å². The molecule has 7 nitrogen and oxygen atoms in total. The summed E-state index contributed by atoms with van der Waals surface area (Å²) >= 11 is 6.19. The van der Waals surface area contributed by atoms with Gasteiger partial charge in [0.15, 0.2) is 0 Å². The van der Waals surface area contributed by atoms with Gasteiger partial charge in [0.25, 0.3) is 11.6 Å². The van der Waals surface area contributed by atoms with Gasteiger partial charge < -0.3 is 9.80 Å². The van der Waals surface area contributed by atoms with Crippen LogP contribution < -0.4 is 0 Å². The van der Waals surface area contributed by atoms with Gasteiger partial charge in [-0.25, -0.2) is 0 Å². The van der Waals surface area contributed by atoms with Crippen molar-refractivity contribution in [2.24, 2.45) is 5.92 Å². The number of hydrogen-bond donors (Lipinski definition) is 0. The summed E-state index contributed by atoms with van der Waals surface area (Å²) in [4.78, 5) is 40.2. The van der Waals surface area contributed by atoms with Crippen molar-refractivity contribution >= 4 is 29.1 Å². The molecule has 0 fully saturated rings. The topological polar surface area (TPSA) is 83.8 Å². The summed E-state index contributed by atoms with van der Waals surface area (Å²) in [6, 6.07) is 11.8. The highest BCUT2D eigenvalue weighted by Gasteiger charge is 2.30. The Morgan fingerprint density at radius 1 is 1.25 bits per heavy atom. The Kier molecular flexibility index (Phi) is 7.51. The van der Waals surface area contributed by atoms with E-state index >= 15 is 0 Å². The minimum atomic E-state index is -0.560. The monoisotopic (exact) mass is 457 g/mol. The third kappa shape index (κ3) is 5.27. The zero-order chi connectivity index (χ0) is 23.4. The molecular weight excluding hydrogens is 430 g/mol. The lowest BCUT2D eigenvalue weighted by Crippen LogP contribution is -2.46. The maximum absolute atomic E-state index is 13.3. The van der Waals surface area contributed by atoms with E-state index in [1.165, 1.54) is 28.7 Å². The Morgan fingerprint density at radius 3 is 2.62 bits per heavy atom. The van der Waals surface area contributed by atoms with Crippen molar-refractivity contribution < 1.29 is 14.5 Å². The zero-order valence-electron chi connectivity index (χ0n) is 18.6. The summed E-state index contributed by atoms with van der Waals surface area (Å²) in [5, 5.41) is 11.0. The number of amides is 2. The largest absolute Gasteiger partial charge is 0.334 e. The molecule has 2 aromatic carbocycles. The van der Waals surface area contributed by atoms with Gasteiger partial charge in [-0.3, -0.25) is 19.7 Å². The summed E-state index contributed by atoms with van der Waals surface area (Å²) in [5.41, 5.74) is 2.35. The quantitative estimate of drug-likeness (QED) is 0.438. The molecule has 1 heterocycles. The first-order chi connectivity index (χ1) is 15.2. The average Bonchev–Trinajstić information content (AvgIpc) is 2.76. The van der Waals surface area contributed by atoms with E-state index in [1.807, 2.05) is 43.9 Å². The van der Waals surface area contributed by atoms with Gasteiger partial charge in [0.1, 0.15) is 6.54 Å². The second-order valence-electron chi connectivity index (χ2n) is 8.54. The molecule has 2 amide bonds. The first kappa shape index (κ1) is 23.7. The summed E-state index contributed by atoms with van der Waals surface area (Å²) in [6.07, 6.45) is 1.50. The Morgan fingerprint density at radius 2 is 1.97 bits per heavy atom. The number of nitrogens with zero attached hydrogens (tertiary/aromatic N) is 3. The van der Waals surface area contributed by atoms with E-state index in [0.717, 1.165) is 18.4 Å². The van der Waals surface area contributed by atoms with Crippen LogP contribution in [0.2, 0.25) is 5.02 Å². The van der Waals surface area contributed by atoms with Crippen LogP contribution in [0.25, 0.3) is 0 Å². The number of carbonyl (C=O) groups excluding carboxylic acids is 2. The van der Waals surface area contributed by atoms with Crippen LogP contribution >= 0.6 is 11.6 Å². The van der Waals surface area contributed by atoms with Crippen molar-refractivity contribution in [2.75, 3.05) is 19.6 Å². The lowest BCUT2D eigenvalue weighted by atomic mass is 9.93. The van der Waals surface area contributed by atoms with Crippen LogP contribution in [0.4, 0.5) is 5.69 Å². The predicted octanol–water partition coefficient (Wildman–Crippen LogP) is 4.88. The number of rotatable bonds is 7. The van der Waals surface area contributed by atoms with E-state index in [-0.39, 0.29) is 34.8 Å². The van der Waals surface area contributed by atoms with E-state index in [1.54, 1.807) is 0 Å². The third-order valence-electron chi connectivity index (χ3n) is 5.90. The van der Waals surface area contributed by atoms with Gasteiger partial charge in [0.05, 0.1) is 21.6 Å². The Hall–Kier alpha value is -2.93. The maximum atomic E-state index is 13.3. The first-order valence-electron chi connectivity index (χ1n) is 10.8. The SMILES string of the molecule is CC(C)CCN(CC(=O)N1CCc2ccccc2C1C)C(=O)c1ccc([N+](=O)[O-])cc1Cl. The molecule has 1 atom stereocenters. The Bertz CT molecular complexity index is 1020. The van der Waals surface area contributed by atoms with Gasteiger partial charge >= 0.3 is 0 Å². The van der Waals surface area contributed by atoms with Crippen LogP contribution in [0.5, 0.6) is 0 Å². The summed E-state index contributed by atoms with van der Waals surface area (Å²) < 4.78 is 0. The highest BCUT2D eigenvalue weighted by Crippen LogP contribution is 2.29. The number of carbonyl (C=O) groups is 2. The molecule has 1 unspecified atom stereocenters. The molecule has 0 saturated heterocycles. The molecular formula is C24H28ClN3O4. The molecule has 0 spiro atoms. The molecule has 1 aliphatic heterocycles. The molecule has 0 aliphatic carbocycles. The molecule has 0 bridgehead atoms. The Labute approximate surface area is 193 Å². The van der Waals surface area contributed by atoms with Crippen LogP contribution in [-0.2, 0) is 11.2 Å². The van der Waals surface area contributed by atoms with Crippen LogP contribution in [0.1, 0.15) is 54.7 Å². The number of halogens is 1. The molecule has 170 valence electrons. The van der Waals surface area contributed by atoms with Crippen LogP contribution in [-0.4, -0.2) is 46.2 Å². The average molecular weight is 458 g/mol. The zero-order valence-corrected chi connectivity index (χ0v) is 19.3. The molecule has 1 aliphatic rings. The lowest BCUT2D eigenvalue weighted by Gasteiger charge is -2.36. The van der Waals surface area contributed by atoms with Gasteiger partial charge in [0, 0.05) is 25.2 Å². The van der Waals surface area contributed by atoms with Crippen molar-refractivity contribution in [1.29, 1.82) is 0 Å². The number of nitro benzene ring substituents is 1. The summed E-state index contributed by atoms with van der Waals surface area (Å²) in [5.74, 6) is -0.181. The second kappa shape index (κ2) is 10.1. The first-order valence-corrected chi connectivity index (χ1v) is 11.2. The highest BCUT2D eigenvalue weighted by molar-refractivity contribution is 6.34. The third-order valence-corrected chi connectivity index (χ3v) is 6.21. The van der Waals surface area contributed by atoms with Crippen molar-refractivity contribution in [1.82, 2.24) is 9.80 Å². The van der Waals surface area contributed by atoms with Gasteiger partial charge in [0.2, 0.25) is 5.91 Å². The number of non-ortho nitro benzene ring substituents is 1. The molecule has 0 saturated carbocycles. The molecule has 0 radical (unpaired) electrons. The van der Waals surface area contributed by atoms with Crippen molar-refractivity contribution in [2.45, 2.75) is 39.7 Å². The highest BCUT2D eigenvalue weighted by atomic mass is 35.5. The summed E-state index contributed by atoms with van der Waals surface area (Å²) in [6.45, 7) is 7.03. The van der Waals surface area contributed by atoms with Gasteiger partial charge in [-0.05, 0) is 42.9 Å². The maximum Gasteiger partial charge on any atom is 0.270 e. The fraction of sp³-hybridized carbons (Fsp3) is 0.417. The number of nitro groups is 1. The van der Waals surface area contributed by atoms with Crippen LogP contribution in [0.3, 0.4) is 0 Å². The normalized spacial score (nSPS) is 15.4. The van der Waals surface area contributed by atoms with E-state index < -0.39 is 10.8 Å². The van der Waals surface area contributed by atoms with E-state index in [0.29, 0.717) is 19.0 Å². The molecule has 0 N–H and O–H groups in total. The fourth-order valence-corrected chi connectivity index (χ4v) is 4.25. The molecule has 8 heteroatoms. The van der Waals surface area contributed by atoms with Gasteiger partial charge in [-0.1, -0.05) is 49.7 Å². The second-order valence-corrected chi connectivity index (χ2v) is 8.95. The van der Waals surface area contributed by atoms with E-state index in [9.17, 15) is 19.7 Å². The fourth-order valence-electron chi connectivity index (χ4n) is 3.99.